The first-order chi connectivity index (χ1) is 15.2. The number of non-ortho nitro benzene ring substituents is 2. The molecule has 0 aliphatic rings. The number of rotatable bonds is 7. The number of nitro benzene ring substituents is 2. The fourth-order valence-corrected chi connectivity index (χ4v) is 2.27. The van der Waals surface area contributed by atoms with E-state index in [1.54, 1.807) is 0 Å². The fourth-order valence-electron chi connectivity index (χ4n) is 2.27. The molecule has 0 aliphatic heterocycles. The van der Waals surface area contributed by atoms with Gasteiger partial charge in [-0.25, -0.2) is 0 Å². The lowest BCUT2D eigenvalue weighted by molar-refractivity contribution is -0.385. The van der Waals surface area contributed by atoms with E-state index in [1.165, 1.54) is 36.4 Å². The van der Waals surface area contributed by atoms with Crippen LogP contribution in [0.15, 0.2) is 48.5 Å². The van der Waals surface area contributed by atoms with Crippen molar-refractivity contribution < 1.29 is 29.0 Å². The third-order valence-corrected chi connectivity index (χ3v) is 3.85. The van der Waals surface area contributed by atoms with Gasteiger partial charge in [-0.05, 0) is 12.1 Å². The van der Waals surface area contributed by atoms with Gasteiger partial charge in [0.05, 0.1) is 9.85 Å². The molecule has 0 saturated carbocycles. The highest BCUT2D eigenvalue weighted by molar-refractivity contribution is 5.97. The Kier molecular flexibility index (Phi) is 7.88. The molecule has 0 heterocycles. The lowest BCUT2D eigenvalue weighted by Gasteiger charge is -2.09. The SMILES string of the molecule is O=C(CCC(=O)NNC(=O)c1cccc([N+](=O)[O-])c1)NNC(=O)c1cccc([N+](=O)[O-])c1. The average Bonchev–Trinajstić information content (AvgIpc) is 2.79. The molecule has 4 amide bonds. The molecule has 0 atom stereocenters. The number of benzene rings is 2. The summed E-state index contributed by atoms with van der Waals surface area (Å²) in [5.41, 5.74) is 7.51. The Morgan fingerprint density at radius 3 is 1.38 bits per heavy atom. The summed E-state index contributed by atoms with van der Waals surface area (Å²) >= 11 is 0. The molecule has 2 aromatic rings. The van der Waals surface area contributed by atoms with E-state index < -0.39 is 33.5 Å². The normalized spacial score (nSPS) is 9.88. The van der Waals surface area contributed by atoms with E-state index in [4.69, 9.17) is 0 Å². The maximum atomic E-state index is 11.9. The monoisotopic (exact) mass is 444 g/mol. The van der Waals surface area contributed by atoms with Crippen molar-refractivity contribution in [1.82, 2.24) is 21.7 Å². The van der Waals surface area contributed by atoms with Crippen molar-refractivity contribution >= 4 is 35.0 Å². The van der Waals surface area contributed by atoms with Crippen molar-refractivity contribution in [2.75, 3.05) is 0 Å². The van der Waals surface area contributed by atoms with E-state index in [2.05, 4.69) is 21.7 Å². The van der Waals surface area contributed by atoms with Crippen molar-refractivity contribution in [3.8, 4) is 0 Å². The van der Waals surface area contributed by atoms with Crippen LogP contribution in [-0.4, -0.2) is 33.5 Å². The summed E-state index contributed by atoms with van der Waals surface area (Å²) in [7, 11) is 0. The van der Waals surface area contributed by atoms with E-state index in [9.17, 15) is 39.4 Å². The lowest BCUT2D eigenvalue weighted by Crippen LogP contribution is -2.44. The largest absolute Gasteiger partial charge is 0.273 e. The van der Waals surface area contributed by atoms with Crippen molar-refractivity contribution in [3.05, 3.63) is 79.9 Å². The molecule has 166 valence electrons. The van der Waals surface area contributed by atoms with E-state index in [-0.39, 0.29) is 35.3 Å². The standard InChI is InChI=1S/C18H16N6O8/c25-15(19-21-17(27)11-3-1-5-13(9-11)23(29)30)7-8-16(26)20-22-18(28)12-4-2-6-14(10-12)24(31)32/h1-6,9-10H,7-8H2,(H,19,25)(H,20,26)(H,21,27)(H,22,28). The van der Waals surface area contributed by atoms with Crippen LogP contribution in [0.5, 0.6) is 0 Å². The topological polar surface area (TPSA) is 203 Å². The van der Waals surface area contributed by atoms with Crippen LogP contribution < -0.4 is 21.7 Å². The summed E-state index contributed by atoms with van der Waals surface area (Å²) in [5.74, 6) is -3.06. The van der Waals surface area contributed by atoms with E-state index in [1.807, 2.05) is 0 Å². The number of carbonyl (C=O) groups is 4. The first-order valence-corrected chi connectivity index (χ1v) is 8.84. The van der Waals surface area contributed by atoms with Crippen LogP contribution in [0.25, 0.3) is 0 Å². The Labute approximate surface area is 179 Å². The molecule has 2 aromatic carbocycles. The first kappa shape index (κ1) is 23.4. The smallest absolute Gasteiger partial charge is 0.270 e. The van der Waals surface area contributed by atoms with Crippen molar-refractivity contribution in [1.29, 1.82) is 0 Å². The molecule has 14 heteroatoms. The number of hydrazine groups is 2. The Hall–Kier alpha value is -4.88. The van der Waals surface area contributed by atoms with Gasteiger partial charge in [-0.2, -0.15) is 0 Å². The van der Waals surface area contributed by atoms with Crippen LogP contribution in [-0.2, 0) is 9.59 Å². The Balaban J connectivity index is 1.74. The summed E-state index contributed by atoms with van der Waals surface area (Å²) < 4.78 is 0. The summed E-state index contributed by atoms with van der Waals surface area (Å²) in [6.45, 7) is 0. The van der Waals surface area contributed by atoms with Crippen LogP contribution in [0.2, 0.25) is 0 Å². The Morgan fingerprint density at radius 1 is 0.656 bits per heavy atom. The minimum atomic E-state index is -0.796. The van der Waals surface area contributed by atoms with Gasteiger partial charge in [-0.1, -0.05) is 12.1 Å². The number of carbonyl (C=O) groups excluding carboxylic acids is 4. The van der Waals surface area contributed by atoms with Crippen molar-refractivity contribution in [2.24, 2.45) is 0 Å². The van der Waals surface area contributed by atoms with Crippen LogP contribution in [0.1, 0.15) is 33.6 Å². The zero-order chi connectivity index (χ0) is 23.7. The maximum Gasteiger partial charge on any atom is 0.270 e. The average molecular weight is 444 g/mol. The third-order valence-electron chi connectivity index (χ3n) is 3.85. The van der Waals surface area contributed by atoms with Gasteiger partial charge in [0.2, 0.25) is 11.8 Å². The summed E-state index contributed by atoms with van der Waals surface area (Å²) in [4.78, 5) is 67.4. The molecule has 0 spiro atoms. The second kappa shape index (κ2) is 10.8. The number of nitrogens with one attached hydrogen (secondary N) is 4. The molecule has 0 saturated heterocycles. The molecule has 0 radical (unpaired) electrons. The zero-order valence-corrected chi connectivity index (χ0v) is 16.2. The van der Waals surface area contributed by atoms with Gasteiger partial charge >= 0.3 is 0 Å². The molecule has 4 N–H and O–H groups in total. The van der Waals surface area contributed by atoms with Gasteiger partial charge < -0.3 is 0 Å². The van der Waals surface area contributed by atoms with Crippen molar-refractivity contribution in [3.63, 3.8) is 0 Å². The van der Waals surface area contributed by atoms with E-state index in [0.29, 0.717) is 0 Å². The number of nitrogens with zero attached hydrogens (tertiary/aromatic N) is 2. The molecular weight excluding hydrogens is 428 g/mol. The summed E-state index contributed by atoms with van der Waals surface area (Å²) in [6.07, 6.45) is -0.707. The molecular formula is C18H16N6O8. The van der Waals surface area contributed by atoms with Crippen LogP contribution in [0, 0.1) is 20.2 Å². The van der Waals surface area contributed by atoms with Gasteiger partial charge in [0.15, 0.2) is 0 Å². The Morgan fingerprint density at radius 2 is 1.03 bits per heavy atom. The van der Waals surface area contributed by atoms with Gasteiger partial charge in [-0.15, -0.1) is 0 Å². The van der Waals surface area contributed by atoms with Gasteiger partial charge in [-0.3, -0.25) is 61.1 Å². The van der Waals surface area contributed by atoms with Crippen LogP contribution >= 0.6 is 0 Å². The molecule has 0 unspecified atom stereocenters. The number of amides is 4. The van der Waals surface area contributed by atoms with Crippen LogP contribution in [0.4, 0.5) is 11.4 Å². The second-order valence-corrected chi connectivity index (χ2v) is 6.12. The molecule has 2 rings (SSSR count). The summed E-state index contributed by atoms with van der Waals surface area (Å²) in [6, 6.07) is 9.69. The quantitative estimate of drug-likeness (QED) is 0.349. The zero-order valence-electron chi connectivity index (χ0n) is 16.2. The molecule has 14 nitrogen and oxygen atoms in total. The molecule has 0 fully saturated rings. The minimum Gasteiger partial charge on any atom is -0.273 e. The predicted molar refractivity (Wildman–Crippen MR) is 107 cm³/mol. The number of hydrogen-bond donors (Lipinski definition) is 4. The fraction of sp³-hybridized carbons (Fsp3) is 0.111. The second-order valence-electron chi connectivity index (χ2n) is 6.12. The van der Waals surface area contributed by atoms with E-state index >= 15 is 0 Å². The van der Waals surface area contributed by atoms with Gasteiger partial charge in [0, 0.05) is 48.2 Å². The number of hydrogen-bond acceptors (Lipinski definition) is 8. The molecule has 0 aliphatic carbocycles. The maximum absolute atomic E-state index is 11.9. The van der Waals surface area contributed by atoms with Gasteiger partial charge in [0.1, 0.15) is 0 Å². The lowest BCUT2D eigenvalue weighted by atomic mass is 10.2. The molecule has 0 aromatic heterocycles. The molecule has 32 heavy (non-hydrogen) atoms. The molecule has 0 bridgehead atoms. The summed E-state index contributed by atoms with van der Waals surface area (Å²) in [5, 5.41) is 21.4. The highest BCUT2D eigenvalue weighted by Gasteiger charge is 2.14. The highest BCUT2D eigenvalue weighted by atomic mass is 16.6. The minimum absolute atomic E-state index is 0.0545. The Bertz CT molecular complexity index is 1000. The number of nitro groups is 2. The first-order valence-electron chi connectivity index (χ1n) is 8.84. The van der Waals surface area contributed by atoms with Crippen molar-refractivity contribution in [2.45, 2.75) is 12.8 Å². The van der Waals surface area contributed by atoms with Crippen LogP contribution in [0.3, 0.4) is 0 Å². The van der Waals surface area contributed by atoms with Gasteiger partial charge in [0.25, 0.3) is 23.2 Å². The third kappa shape index (κ3) is 6.87. The highest BCUT2D eigenvalue weighted by Crippen LogP contribution is 2.13. The van der Waals surface area contributed by atoms with E-state index in [0.717, 1.165) is 12.1 Å². The predicted octanol–water partition coefficient (Wildman–Crippen LogP) is 0.505.